The van der Waals surface area contributed by atoms with E-state index >= 15 is 0 Å². The lowest BCUT2D eigenvalue weighted by Crippen LogP contribution is -2.34. The average molecular weight is 346 g/mol. The average Bonchev–Trinajstić information content (AvgIpc) is 2.67. The minimum Gasteiger partial charge on any atom is -0.487 e. The number of para-hydroxylation sites is 1. The highest BCUT2D eigenvalue weighted by molar-refractivity contribution is 5.86. The lowest BCUT2D eigenvalue weighted by Gasteiger charge is -2.32. The topological polar surface area (TPSA) is 25.4 Å². The van der Waals surface area contributed by atoms with E-state index in [4.69, 9.17) is 9.72 Å². The molecule has 0 spiro atoms. The van der Waals surface area contributed by atoms with Crippen molar-refractivity contribution in [3.8, 4) is 5.75 Å². The molecule has 3 nitrogen and oxygen atoms in total. The van der Waals surface area contributed by atoms with Crippen LogP contribution in [0.25, 0.3) is 10.9 Å². The molecule has 0 N–H and O–H groups in total. The van der Waals surface area contributed by atoms with Gasteiger partial charge in [-0.2, -0.15) is 0 Å². The number of piperidine rings is 1. The maximum atomic E-state index is 6.17. The van der Waals surface area contributed by atoms with Gasteiger partial charge in [-0.05, 0) is 55.0 Å². The van der Waals surface area contributed by atoms with E-state index in [0.29, 0.717) is 6.61 Å². The standard InChI is InChI=1S/C23H26N2O/c1-17-7-6-14-25(15-17)22-13-12-19-10-5-11-21(23(19)24-22)26-16-20-9-4-3-8-18(20)2/h3-5,8-13,17H,6-7,14-16H2,1-2H3. The van der Waals surface area contributed by atoms with Gasteiger partial charge in [0.05, 0.1) is 0 Å². The van der Waals surface area contributed by atoms with E-state index in [1.54, 1.807) is 0 Å². The third kappa shape index (κ3) is 3.52. The number of anilines is 1. The first-order valence-electron chi connectivity index (χ1n) is 9.53. The number of fused-ring (bicyclic) bond motifs is 1. The second kappa shape index (κ2) is 7.36. The Morgan fingerprint density at radius 2 is 1.96 bits per heavy atom. The van der Waals surface area contributed by atoms with E-state index in [9.17, 15) is 0 Å². The molecule has 1 aliphatic heterocycles. The fourth-order valence-electron chi connectivity index (χ4n) is 3.73. The number of ether oxygens (including phenoxy) is 1. The van der Waals surface area contributed by atoms with E-state index in [-0.39, 0.29) is 0 Å². The molecule has 134 valence electrons. The molecule has 0 saturated carbocycles. The van der Waals surface area contributed by atoms with Crippen LogP contribution in [0.4, 0.5) is 5.82 Å². The molecular formula is C23H26N2O. The van der Waals surface area contributed by atoms with Gasteiger partial charge in [-0.15, -0.1) is 0 Å². The van der Waals surface area contributed by atoms with E-state index in [1.807, 2.05) is 12.1 Å². The van der Waals surface area contributed by atoms with Crippen molar-refractivity contribution in [1.29, 1.82) is 0 Å². The van der Waals surface area contributed by atoms with Crippen LogP contribution in [0.1, 0.15) is 30.9 Å². The van der Waals surface area contributed by atoms with Crippen molar-refractivity contribution in [3.05, 3.63) is 65.7 Å². The second-order valence-electron chi connectivity index (χ2n) is 7.41. The van der Waals surface area contributed by atoms with Crippen LogP contribution in [-0.2, 0) is 6.61 Å². The molecule has 1 unspecified atom stereocenters. The quantitative estimate of drug-likeness (QED) is 0.636. The molecule has 0 radical (unpaired) electrons. The maximum absolute atomic E-state index is 6.17. The molecule has 1 atom stereocenters. The summed E-state index contributed by atoms with van der Waals surface area (Å²) in [7, 11) is 0. The van der Waals surface area contributed by atoms with E-state index in [1.165, 1.54) is 24.0 Å². The van der Waals surface area contributed by atoms with Gasteiger partial charge < -0.3 is 9.64 Å². The number of hydrogen-bond donors (Lipinski definition) is 0. The Morgan fingerprint density at radius 3 is 2.81 bits per heavy atom. The molecule has 26 heavy (non-hydrogen) atoms. The highest BCUT2D eigenvalue weighted by Crippen LogP contribution is 2.29. The number of aryl methyl sites for hydroxylation is 1. The zero-order valence-electron chi connectivity index (χ0n) is 15.6. The summed E-state index contributed by atoms with van der Waals surface area (Å²) < 4.78 is 6.17. The monoisotopic (exact) mass is 346 g/mol. The maximum Gasteiger partial charge on any atom is 0.146 e. The van der Waals surface area contributed by atoms with Gasteiger partial charge in [0, 0.05) is 18.5 Å². The first-order valence-corrected chi connectivity index (χ1v) is 9.53. The number of rotatable bonds is 4. The van der Waals surface area contributed by atoms with Crippen LogP contribution in [0.3, 0.4) is 0 Å². The lowest BCUT2D eigenvalue weighted by atomic mass is 10.0. The molecular weight excluding hydrogens is 320 g/mol. The van der Waals surface area contributed by atoms with Gasteiger partial charge in [-0.25, -0.2) is 4.98 Å². The molecule has 2 aromatic carbocycles. The second-order valence-corrected chi connectivity index (χ2v) is 7.41. The summed E-state index contributed by atoms with van der Waals surface area (Å²) in [4.78, 5) is 7.38. The van der Waals surface area contributed by atoms with Crippen LogP contribution in [-0.4, -0.2) is 18.1 Å². The van der Waals surface area contributed by atoms with Gasteiger partial charge in [-0.1, -0.05) is 43.3 Å². The molecule has 4 rings (SSSR count). The predicted molar refractivity (Wildman–Crippen MR) is 108 cm³/mol. The van der Waals surface area contributed by atoms with Crippen molar-refractivity contribution in [2.45, 2.75) is 33.3 Å². The van der Waals surface area contributed by atoms with Gasteiger partial charge in [0.1, 0.15) is 23.7 Å². The van der Waals surface area contributed by atoms with Crippen molar-refractivity contribution >= 4 is 16.7 Å². The zero-order valence-corrected chi connectivity index (χ0v) is 15.6. The Morgan fingerprint density at radius 1 is 1.08 bits per heavy atom. The van der Waals surface area contributed by atoms with Crippen molar-refractivity contribution in [2.24, 2.45) is 5.92 Å². The fourth-order valence-corrected chi connectivity index (χ4v) is 3.73. The molecule has 1 fully saturated rings. The van der Waals surface area contributed by atoms with Crippen molar-refractivity contribution in [2.75, 3.05) is 18.0 Å². The predicted octanol–water partition coefficient (Wildman–Crippen LogP) is 5.36. The largest absolute Gasteiger partial charge is 0.487 e. The fraction of sp³-hybridized carbons (Fsp3) is 0.348. The summed E-state index contributed by atoms with van der Waals surface area (Å²) in [5.74, 6) is 2.66. The highest BCUT2D eigenvalue weighted by atomic mass is 16.5. The lowest BCUT2D eigenvalue weighted by molar-refractivity contribution is 0.308. The number of nitrogens with zero attached hydrogens (tertiary/aromatic N) is 2. The normalized spacial score (nSPS) is 17.5. The summed E-state index contributed by atoms with van der Waals surface area (Å²) >= 11 is 0. The molecule has 3 heteroatoms. The minimum absolute atomic E-state index is 0.568. The Kier molecular flexibility index (Phi) is 4.79. The Labute approximate surface area is 155 Å². The third-order valence-electron chi connectivity index (χ3n) is 5.29. The number of pyridine rings is 1. The first-order chi connectivity index (χ1) is 12.7. The van der Waals surface area contributed by atoms with E-state index in [2.05, 4.69) is 61.2 Å². The molecule has 0 bridgehead atoms. The highest BCUT2D eigenvalue weighted by Gasteiger charge is 2.18. The van der Waals surface area contributed by atoms with E-state index in [0.717, 1.165) is 41.5 Å². The van der Waals surface area contributed by atoms with Gasteiger partial charge in [0.2, 0.25) is 0 Å². The zero-order chi connectivity index (χ0) is 17.9. The summed E-state index contributed by atoms with van der Waals surface area (Å²) in [5.41, 5.74) is 3.42. The molecule has 1 saturated heterocycles. The molecule has 1 aliphatic rings. The van der Waals surface area contributed by atoms with Crippen LogP contribution < -0.4 is 9.64 Å². The smallest absolute Gasteiger partial charge is 0.146 e. The summed E-state index contributed by atoms with van der Waals surface area (Å²) in [6.45, 7) is 7.19. The van der Waals surface area contributed by atoms with E-state index < -0.39 is 0 Å². The van der Waals surface area contributed by atoms with Crippen molar-refractivity contribution < 1.29 is 4.74 Å². The molecule has 0 amide bonds. The summed E-state index contributed by atoms with van der Waals surface area (Å²) in [5, 5.41) is 1.13. The number of hydrogen-bond acceptors (Lipinski definition) is 3. The van der Waals surface area contributed by atoms with Crippen LogP contribution in [0.15, 0.2) is 54.6 Å². The minimum atomic E-state index is 0.568. The van der Waals surface area contributed by atoms with Crippen LogP contribution in [0.2, 0.25) is 0 Å². The third-order valence-corrected chi connectivity index (χ3v) is 5.29. The summed E-state index contributed by atoms with van der Waals surface area (Å²) in [6.07, 6.45) is 2.56. The number of aromatic nitrogens is 1. The molecule has 1 aromatic heterocycles. The molecule has 3 aromatic rings. The van der Waals surface area contributed by atoms with Crippen molar-refractivity contribution in [1.82, 2.24) is 4.98 Å². The van der Waals surface area contributed by atoms with Crippen molar-refractivity contribution in [3.63, 3.8) is 0 Å². The molecule has 0 aliphatic carbocycles. The van der Waals surface area contributed by atoms with Crippen LogP contribution >= 0.6 is 0 Å². The Bertz CT molecular complexity index is 906. The van der Waals surface area contributed by atoms with Gasteiger partial charge in [0.25, 0.3) is 0 Å². The molecule has 2 heterocycles. The first kappa shape index (κ1) is 16.9. The Balaban J connectivity index is 1.62. The summed E-state index contributed by atoms with van der Waals surface area (Å²) in [6, 6.07) is 18.8. The van der Waals surface area contributed by atoms with Gasteiger partial charge in [0.15, 0.2) is 0 Å². The van der Waals surface area contributed by atoms with Crippen LogP contribution in [0.5, 0.6) is 5.75 Å². The Hall–Kier alpha value is -2.55. The SMILES string of the molecule is Cc1ccccc1COc1cccc2ccc(N3CCCC(C)C3)nc12. The van der Waals surface area contributed by atoms with Gasteiger partial charge >= 0.3 is 0 Å². The number of benzene rings is 2. The van der Waals surface area contributed by atoms with Gasteiger partial charge in [-0.3, -0.25) is 0 Å². The van der Waals surface area contributed by atoms with Crippen LogP contribution in [0, 0.1) is 12.8 Å².